The average molecular weight is 770 g/mol. The summed E-state index contributed by atoms with van der Waals surface area (Å²) in [6.07, 6.45) is -7.63. The maximum Gasteiger partial charge on any atom is 0.481 e. The zero-order valence-corrected chi connectivity index (χ0v) is 29.2. The maximum absolute atomic E-state index is 12.6. The van der Waals surface area contributed by atoms with Gasteiger partial charge in [0.2, 0.25) is 11.8 Å². The minimum absolute atomic E-state index is 0.0262. The highest BCUT2D eigenvalue weighted by Gasteiger charge is 2.50. The number of thiol groups is 1. The molecule has 3 rings (SSSR count). The first-order valence-electron chi connectivity index (χ1n) is 13.8. The highest BCUT2D eigenvalue weighted by molar-refractivity contribution is 7.80. The Hall–Kier alpha value is -1.98. The first kappa shape index (κ1) is 40.4. The number of nitrogen functional groups attached to an aromatic ring is 1. The Labute approximate surface area is 277 Å². The SMILES string of the molecule is Cn1nc(N)c2ncn(C3OC(COP(=O)(O)OP(=O)(O)OCC(C)(C)C(O)C(=O)NCCC(=O)NCCS)C(OP(=O)(O)O)C3O)c21. The number of hydrogen-bond donors (Lipinski definition) is 10. The number of nitrogens with one attached hydrogen (secondary N) is 2. The van der Waals surface area contributed by atoms with Crippen molar-refractivity contribution in [1.82, 2.24) is 30.0 Å². The number of imidazole rings is 1. The molecule has 10 N–H and O–H groups in total. The molecule has 0 saturated carbocycles. The number of fused-ring (bicyclic) bond motifs is 1. The van der Waals surface area contributed by atoms with E-state index in [1.165, 1.54) is 36.5 Å². The molecule has 2 aromatic heterocycles. The molecule has 274 valence electrons. The standard InChI is InChI=1S/C21H38N7O16P3S/c1-21(2,16(31)18(32)24-5-4-12(29)23-6-7-48)9-41-47(38,39)44-46(36,37)40-8-11-15(43-45(33,34)35)14(30)20(42-11)28-10-25-13-17(22)26-27(3)19(13)28/h10-11,14-16,20,30-31,48H,4-9H2,1-3H3,(H2,22,26)(H,23,29)(H,24,32)(H,36,37)(H,38,39)(H2,33,34,35). The molecule has 23 nitrogen and oxygen atoms in total. The third-order valence-corrected chi connectivity index (χ3v) is 10.0. The number of phosphoric acid groups is 3. The van der Waals surface area contributed by atoms with Crippen molar-refractivity contribution in [1.29, 1.82) is 0 Å². The number of ether oxygens (including phenoxy) is 1. The Kier molecular flexibility index (Phi) is 13.4. The summed E-state index contributed by atoms with van der Waals surface area (Å²) >= 11 is 3.95. The second kappa shape index (κ2) is 15.9. The largest absolute Gasteiger partial charge is 0.481 e. The van der Waals surface area contributed by atoms with E-state index in [9.17, 15) is 53.1 Å². The quantitative estimate of drug-likeness (QED) is 0.0595. The van der Waals surface area contributed by atoms with Crippen LogP contribution in [0.15, 0.2) is 6.33 Å². The summed E-state index contributed by atoms with van der Waals surface area (Å²) in [7, 11) is -14.8. The fourth-order valence-electron chi connectivity index (χ4n) is 4.38. The molecule has 27 heteroatoms. The van der Waals surface area contributed by atoms with Crippen LogP contribution in [0.3, 0.4) is 0 Å². The molecule has 0 bridgehead atoms. The summed E-state index contributed by atoms with van der Waals surface area (Å²) in [5, 5.41) is 30.1. The van der Waals surface area contributed by atoms with E-state index in [2.05, 4.69) is 42.2 Å². The average Bonchev–Trinajstić information content (AvgIpc) is 3.62. The van der Waals surface area contributed by atoms with Crippen LogP contribution < -0.4 is 16.4 Å². The first-order valence-corrected chi connectivity index (χ1v) is 18.9. The Morgan fingerprint density at radius 3 is 2.42 bits per heavy atom. The van der Waals surface area contributed by atoms with Gasteiger partial charge in [-0.15, -0.1) is 0 Å². The number of aryl methyl sites for hydroxylation is 1. The first-order chi connectivity index (χ1) is 22.1. The summed E-state index contributed by atoms with van der Waals surface area (Å²) in [6, 6.07) is 0. The summed E-state index contributed by atoms with van der Waals surface area (Å²) in [5.74, 6) is -0.873. The predicted octanol–water partition coefficient (Wildman–Crippen LogP) is -1.72. The van der Waals surface area contributed by atoms with Crippen molar-refractivity contribution in [3.63, 3.8) is 0 Å². The minimum Gasteiger partial charge on any atom is -0.386 e. The van der Waals surface area contributed by atoms with Crippen LogP contribution in [0, 0.1) is 5.41 Å². The Balaban J connectivity index is 1.61. The van der Waals surface area contributed by atoms with Crippen LogP contribution in [0.2, 0.25) is 0 Å². The highest BCUT2D eigenvalue weighted by atomic mass is 32.1. The lowest BCUT2D eigenvalue weighted by atomic mass is 9.87. The lowest BCUT2D eigenvalue weighted by molar-refractivity contribution is -0.137. The number of aliphatic hydroxyl groups is 2. The molecule has 0 radical (unpaired) electrons. The monoisotopic (exact) mass is 769 g/mol. The summed E-state index contributed by atoms with van der Waals surface area (Å²) < 4.78 is 63.2. The van der Waals surface area contributed by atoms with Crippen molar-refractivity contribution in [3.05, 3.63) is 6.33 Å². The number of nitrogens with two attached hydrogens (primary N) is 1. The van der Waals surface area contributed by atoms with E-state index in [1.807, 2.05) is 0 Å². The number of hydrogen-bond acceptors (Lipinski definition) is 16. The zero-order chi connectivity index (χ0) is 36.2. The van der Waals surface area contributed by atoms with Gasteiger partial charge in [-0.1, -0.05) is 13.8 Å². The van der Waals surface area contributed by atoms with Crippen LogP contribution >= 0.6 is 36.1 Å². The third kappa shape index (κ3) is 10.8. The highest BCUT2D eigenvalue weighted by Crippen LogP contribution is 2.61. The van der Waals surface area contributed by atoms with Gasteiger partial charge >= 0.3 is 23.5 Å². The smallest absolute Gasteiger partial charge is 0.386 e. The van der Waals surface area contributed by atoms with Crippen LogP contribution in [-0.2, 0) is 53.0 Å². The van der Waals surface area contributed by atoms with Gasteiger partial charge in [-0.2, -0.15) is 22.0 Å². The molecule has 7 unspecified atom stereocenters. The number of nitrogens with zero attached hydrogens (tertiary/aromatic N) is 4. The zero-order valence-electron chi connectivity index (χ0n) is 25.6. The van der Waals surface area contributed by atoms with Crippen molar-refractivity contribution < 1.29 is 75.7 Å². The van der Waals surface area contributed by atoms with Crippen molar-refractivity contribution in [2.45, 2.75) is 50.9 Å². The van der Waals surface area contributed by atoms with Gasteiger partial charge in [0.1, 0.15) is 24.4 Å². The van der Waals surface area contributed by atoms with Gasteiger partial charge in [0.15, 0.2) is 23.2 Å². The molecule has 1 fully saturated rings. The molecule has 7 atom stereocenters. The molecule has 1 saturated heterocycles. The number of aromatic nitrogens is 4. The number of carbonyl (C=O) groups excluding carboxylic acids is 2. The van der Waals surface area contributed by atoms with Crippen molar-refractivity contribution in [2.24, 2.45) is 12.5 Å². The minimum atomic E-state index is -5.53. The topological polar surface area (TPSA) is 339 Å². The van der Waals surface area contributed by atoms with E-state index in [1.54, 1.807) is 0 Å². The normalized spacial score (nSPS) is 23.5. The number of amides is 2. The number of carbonyl (C=O) groups is 2. The molecular formula is C21H38N7O16P3S. The van der Waals surface area contributed by atoms with E-state index < -0.39 is 78.6 Å². The van der Waals surface area contributed by atoms with Crippen LogP contribution in [-0.4, -0.2) is 117 Å². The van der Waals surface area contributed by atoms with E-state index in [0.29, 0.717) is 12.3 Å². The predicted molar refractivity (Wildman–Crippen MR) is 165 cm³/mol. The second-order valence-electron chi connectivity index (χ2n) is 11.0. The Morgan fingerprint density at radius 1 is 1.15 bits per heavy atom. The molecule has 48 heavy (non-hydrogen) atoms. The molecule has 3 heterocycles. The molecule has 2 amide bonds. The number of phosphoric ester groups is 3. The molecule has 0 spiro atoms. The third-order valence-electron chi connectivity index (χ3n) is 6.70. The number of aliphatic hydroxyl groups excluding tert-OH is 2. The van der Waals surface area contributed by atoms with Crippen molar-refractivity contribution in [3.8, 4) is 0 Å². The fourth-order valence-corrected chi connectivity index (χ4v) is 7.32. The van der Waals surface area contributed by atoms with Crippen LogP contribution in [0.1, 0.15) is 26.5 Å². The summed E-state index contributed by atoms with van der Waals surface area (Å²) in [5.41, 5.74) is 4.64. The summed E-state index contributed by atoms with van der Waals surface area (Å²) in [4.78, 5) is 67.0. The Bertz CT molecular complexity index is 1600. The fraction of sp³-hybridized carbons (Fsp3) is 0.714. The molecule has 1 aliphatic rings. The van der Waals surface area contributed by atoms with Crippen LogP contribution in [0.4, 0.5) is 5.82 Å². The van der Waals surface area contributed by atoms with Crippen LogP contribution in [0.5, 0.6) is 0 Å². The van der Waals surface area contributed by atoms with Crippen LogP contribution in [0.25, 0.3) is 11.2 Å². The van der Waals surface area contributed by atoms with Gasteiger partial charge in [-0.3, -0.25) is 27.7 Å². The molecule has 0 aromatic carbocycles. The second-order valence-corrected chi connectivity index (χ2v) is 15.7. The van der Waals surface area contributed by atoms with Gasteiger partial charge < -0.3 is 50.9 Å². The maximum atomic E-state index is 12.6. The van der Waals surface area contributed by atoms with E-state index in [-0.39, 0.29) is 35.9 Å². The van der Waals surface area contributed by atoms with Gasteiger partial charge in [0.05, 0.1) is 19.5 Å². The van der Waals surface area contributed by atoms with E-state index in [0.717, 1.165) is 0 Å². The molecule has 1 aliphatic heterocycles. The molecule has 0 aliphatic carbocycles. The van der Waals surface area contributed by atoms with Gasteiger partial charge in [0.25, 0.3) is 0 Å². The number of anilines is 1. The Morgan fingerprint density at radius 2 is 1.79 bits per heavy atom. The van der Waals surface area contributed by atoms with Crippen molar-refractivity contribution in [2.75, 3.05) is 37.8 Å². The van der Waals surface area contributed by atoms with E-state index in [4.69, 9.17) is 19.5 Å². The van der Waals surface area contributed by atoms with Gasteiger partial charge in [-0.25, -0.2) is 23.4 Å². The molecular weight excluding hydrogens is 731 g/mol. The lowest BCUT2D eigenvalue weighted by Gasteiger charge is -2.30. The van der Waals surface area contributed by atoms with Gasteiger partial charge in [0, 0.05) is 37.7 Å². The molecule has 2 aromatic rings. The van der Waals surface area contributed by atoms with Crippen molar-refractivity contribution >= 4 is 64.9 Å². The lowest BCUT2D eigenvalue weighted by Crippen LogP contribution is -2.46. The summed E-state index contributed by atoms with van der Waals surface area (Å²) in [6.45, 7) is 0.756. The van der Waals surface area contributed by atoms with E-state index >= 15 is 0 Å². The number of rotatable bonds is 18. The van der Waals surface area contributed by atoms with Gasteiger partial charge in [-0.05, 0) is 0 Å².